The van der Waals surface area contributed by atoms with E-state index >= 15 is 0 Å². The maximum absolute atomic E-state index is 12.4. The van der Waals surface area contributed by atoms with Gasteiger partial charge in [-0.3, -0.25) is 9.59 Å². The maximum atomic E-state index is 12.4. The van der Waals surface area contributed by atoms with Crippen molar-refractivity contribution in [1.29, 1.82) is 0 Å². The van der Waals surface area contributed by atoms with Gasteiger partial charge in [0.25, 0.3) is 11.8 Å². The van der Waals surface area contributed by atoms with Crippen molar-refractivity contribution in [2.24, 2.45) is 0 Å². The maximum Gasteiger partial charge on any atom is 0.258 e. The second-order valence-corrected chi connectivity index (χ2v) is 6.06. The van der Waals surface area contributed by atoms with Crippen molar-refractivity contribution in [2.45, 2.75) is 25.3 Å². The van der Waals surface area contributed by atoms with Crippen LogP contribution in [0, 0.1) is 0 Å². The molecule has 1 aliphatic carbocycles. The first-order valence-corrected chi connectivity index (χ1v) is 7.64. The van der Waals surface area contributed by atoms with E-state index in [1.54, 1.807) is 30.4 Å². The molecule has 1 N–H and O–H groups in total. The van der Waals surface area contributed by atoms with Crippen LogP contribution in [0.4, 0.5) is 5.69 Å². The van der Waals surface area contributed by atoms with Crippen LogP contribution >= 0.6 is 0 Å². The van der Waals surface area contributed by atoms with Gasteiger partial charge in [0, 0.05) is 31.9 Å². The highest BCUT2D eigenvalue weighted by atomic mass is 16.2. The van der Waals surface area contributed by atoms with E-state index in [2.05, 4.69) is 15.3 Å². The fourth-order valence-electron chi connectivity index (χ4n) is 2.81. The fourth-order valence-corrected chi connectivity index (χ4v) is 2.81. The molecule has 1 aromatic heterocycles. The predicted octanol–water partition coefficient (Wildman–Crippen LogP) is 2.19. The number of hydrogen-bond acceptors (Lipinski definition) is 4. The van der Waals surface area contributed by atoms with E-state index in [9.17, 15) is 9.59 Å². The summed E-state index contributed by atoms with van der Waals surface area (Å²) in [6.07, 6.45) is 5.34. The van der Waals surface area contributed by atoms with Gasteiger partial charge in [-0.1, -0.05) is 12.1 Å². The molecule has 0 radical (unpaired) electrons. The summed E-state index contributed by atoms with van der Waals surface area (Å²) in [4.78, 5) is 34.7. The van der Waals surface area contributed by atoms with Crippen molar-refractivity contribution >= 4 is 17.5 Å². The lowest BCUT2D eigenvalue weighted by atomic mass is 10.1. The van der Waals surface area contributed by atoms with Crippen LogP contribution in [0.5, 0.6) is 0 Å². The smallest absolute Gasteiger partial charge is 0.258 e. The van der Waals surface area contributed by atoms with Crippen molar-refractivity contribution < 1.29 is 9.59 Å². The van der Waals surface area contributed by atoms with Crippen LogP contribution in [0.2, 0.25) is 0 Å². The van der Waals surface area contributed by atoms with E-state index in [4.69, 9.17) is 0 Å². The fraction of sp³-hybridized carbons (Fsp3) is 0.294. The minimum absolute atomic E-state index is 0.0729. The number of carbonyl (C=O) groups excluding carboxylic acids is 2. The minimum atomic E-state index is -0.303. The van der Waals surface area contributed by atoms with Gasteiger partial charge in [0.15, 0.2) is 0 Å². The molecule has 0 spiro atoms. The first-order valence-electron chi connectivity index (χ1n) is 7.64. The van der Waals surface area contributed by atoms with Crippen molar-refractivity contribution in [3.63, 3.8) is 0 Å². The van der Waals surface area contributed by atoms with Crippen LogP contribution in [-0.4, -0.2) is 33.7 Å². The van der Waals surface area contributed by atoms with Crippen molar-refractivity contribution in [1.82, 2.24) is 14.9 Å². The minimum Gasteiger partial charge on any atom is -0.337 e. The molecule has 0 saturated heterocycles. The number of nitrogens with zero attached hydrogens (tertiary/aromatic N) is 3. The quantitative estimate of drug-likeness (QED) is 0.943. The second-order valence-electron chi connectivity index (χ2n) is 6.06. The molecule has 1 aromatic carbocycles. The van der Waals surface area contributed by atoms with E-state index < -0.39 is 0 Å². The van der Waals surface area contributed by atoms with Gasteiger partial charge in [-0.25, -0.2) is 9.97 Å². The lowest BCUT2D eigenvalue weighted by Gasteiger charge is -2.09. The molecular weight excluding hydrogens is 292 g/mol. The normalized spacial score (nSPS) is 16.4. The number of rotatable bonds is 3. The summed E-state index contributed by atoms with van der Waals surface area (Å²) < 4.78 is 0. The van der Waals surface area contributed by atoms with Crippen LogP contribution < -0.4 is 5.32 Å². The Morgan fingerprint density at radius 3 is 2.70 bits per heavy atom. The molecule has 2 amide bonds. The number of hydrogen-bond donors (Lipinski definition) is 1. The van der Waals surface area contributed by atoms with Crippen LogP contribution in [0.15, 0.2) is 30.6 Å². The van der Waals surface area contributed by atoms with E-state index in [1.165, 1.54) is 0 Å². The molecule has 0 unspecified atom stereocenters. The third-order valence-electron chi connectivity index (χ3n) is 4.24. The zero-order chi connectivity index (χ0) is 16.0. The highest BCUT2D eigenvalue weighted by Gasteiger charge is 2.28. The van der Waals surface area contributed by atoms with Crippen LogP contribution in [-0.2, 0) is 6.54 Å². The highest BCUT2D eigenvalue weighted by Crippen LogP contribution is 2.37. The lowest BCUT2D eigenvalue weighted by Crippen LogP contribution is -2.20. The number of amides is 2. The zero-order valence-corrected chi connectivity index (χ0v) is 12.7. The van der Waals surface area contributed by atoms with Gasteiger partial charge in [0.05, 0.1) is 16.8 Å². The topological polar surface area (TPSA) is 75.2 Å². The second kappa shape index (κ2) is 5.15. The van der Waals surface area contributed by atoms with Crippen molar-refractivity contribution in [3.8, 4) is 0 Å². The monoisotopic (exact) mass is 308 g/mol. The number of nitrogens with one attached hydrogen (secondary N) is 1. The molecule has 1 fully saturated rings. The van der Waals surface area contributed by atoms with E-state index in [0.717, 1.165) is 24.2 Å². The molecule has 6 heteroatoms. The molecule has 2 aliphatic rings. The van der Waals surface area contributed by atoms with E-state index in [1.807, 2.05) is 12.1 Å². The highest BCUT2D eigenvalue weighted by molar-refractivity contribution is 6.10. The number of benzene rings is 1. The molecule has 2 aromatic rings. The average molecular weight is 308 g/mol. The number of fused-ring (bicyclic) bond motifs is 1. The lowest BCUT2D eigenvalue weighted by molar-refractivity contribution is 0.0817. The largest absolute Gasteiger partial charge is 0.337 e. The molecule has 0 atom stereocenters. The SMILES string of the molecule is CN1Cc2cccc(NC(=O)c3cnc(C4CC4)nc3)c2C1=O. The summed E-state index contributed by atoms with van der Waals surface area (Å²) >= 11 is 0. The van der Waals surface area contributed by atoms with Gasteiger partial charge < -0.3 is 10.2 Å². The Balaban J connectivity index is 1.57. The van der Waals surface area contributed by atoms with Crippen LogP contribution in [0.3, 0.4) is 0 Å². The first kappa shape index (κ1) is 13.9. The third kappa shape index (κ3) is 2.46. The van der Waals surface area contributed by atoms with Gasteiger partial charge in [-0.15, -0.1) is 0 Å². The Kier molecular flexibility index (Phi) is 3.11. The van der Waals surface area contributed by atoms with E-state index in [-0.39, 0.29) is 11.8 Å². The Morgan fingerprint density at radius 2 is 2.00 bits per heavy atom. The molecule has 6 nitrogen and oxygen atoms in total. The third-order valence-corrected chi connectivity index (χ3v) is 4.24. The molecule has 1 aliphatic heterocycles. The molecular formula is C17H16N4O2. The van der Waals surface area contributed by atoms with Crippen molar-refractivity contribution in [3.05, 3.63) is 53.1 Å². The Hall–Kier alpha value is -2.76. The molecule has 116 valence electrons. The van der Waals surface area contributed by atoms with Gasteiger partial charge in [-0.2, -0.15) is 0 Å². The number of aromatic nitrogens is 2. The Morgan fingerprint density at radius 1 is 1.26 bits per heavy atom. The van der Waals surface area contributed by atoms with E-state index in [0.29, 0.717) is 29.3 Å². The van der Waals surface area contributed by atoms with Gasteiger partial charge in [0.1, 0.15) is 5.82 Å². The summed E-state index contributed by atoms with van der Waals surface area (Å²) in [5.74, 6) is 0.885. The number of carbonyl (C=O) groups is 2. The molecule has 2 heterocycles. The average Bonchev–Trinajstić information content (AvgIpc) is 3.35. The van der Waals surface area contributed by atoms with Crippen molar-refractivity contribution in [2.75, 3.05) is 12.4 Å². The Labute approximate surface area is 133 Å². The van der Waals surface area contributed by atoms with Crippen LogP contribution in [0.1, 0.15) is 50.9 Å². The summed E-state index contributed by atoms with van der Waals surface area (Å²) in [7, 11) is 1.75. The first-order chi connectivity index (χ1) is 11.1. The molecule has 23 heavy (non-hydrogen) atoms. The standard InChI is InChI=1S/C17H16N4O2/c1-21-9-11-3-2-4-13(14(11)17(21)23)20-16(22)12-7-18-15(19-8-12)10-5-6-10/h2-4,7-8,10H,5-6,9H2,1H3,(H,20,22). The Bertz CT molecular complexity index is 797. The summed E-state index contributed by atoms with van der Waals surface area (Å²) in [6, 6.07) is 5.49. The molecule has 1 saturated carbocycles. The zero-order valence-electron chi connectivity index (χ0n) is 12.7. The predicted molar refractivity (Wildman–Crippen MR) is 84.2 cm³/mol. The van der Waals surface area contributed by atoms with Gasteiger partial charge in [0.2, 0.25) is 0 Å². The molecule has 0 bridgehead atoms. The van der Waals surface area contributed by atoms with Gasteiger partial charge >= 0.3 is 0 Å². The number of anilines is 1. The van der Waals surface area contributed by atoms with Crippen LogP contribution in [0.25, 0.3) is 0 Å². The summed E-state index contributed by atoms with van der Waals surface area (Å²) in [5.41, 5.74) is 2.42. The summed E-state index contributed by atoms with van der Waals surface area (Å²) in [5, 5.41) is 2.81. The molecule has 4 rings (SSSR count). The van der Waals surface area contributed by atoms with Gasteiger partial charge in [-0.05, 0) is 24.5 Å². The summed E-state index contributed by atoms with van der Waals surface area (Å²) in [6.45, 7) is 0.567.